The average molecular weight is 199 g/mol. The van der Waals surface area contributed by atoms with E-state index in [4.69, 9.17) is 10.5 Å². The highest BCUT2D eigenvalue weighted by molar-refractivity contribution is 4.78. The van der Waals surface area contributed by atoms with Gasteiger partial charge in [0.15, 0.2) is 0 Å². The van der Waals surface area contributed by atoms with E-state index >= 15 is 0 Å². The van der Waals surface area contributed by atoms with Gasteiger partial charge in [0.1, 0.15) is 0 Å². The Kier molecular flexibility index (Phi) is 4.39. The van der Waals surface area contributed by atoms with Crippen LogP contribution in [0.1, 0.15) is 40.0 Å². The zero-order valence-electron chi connectivity index (χ0n) is 9.88. The molecule has 1 aliphatic rings. The minimum absolute atomic E-state index is 0.354. The van der Waals surface area contributed by atoms with Crippen LogP contribution in [0, 0.1) is 17.3 Å². The normalized spacial score (nSPS) is 22.3. The summed E-state index contributed by atoms with van der Waals surface area (Å²) in [5.41, 5.74) is 6.20. The minimum atomic E-state index is 0.354. The van der Waals surface area contributed by atoms with Gasteiger partial charge in [0.25, 0.3) is 0 Å². The Morgan fingerprint density at radius 1 is 1.29 bits per heavy atom. The summed E-state index contributed by atoms with van der Waals surface area (Å²) < 4.78 is 5.37. The Hall–Kier alpha value is -0.0800. The Morgan fingerprint density at radius 3 is 2.29 bits per heavy atom. The molecule has 2 heteroatoms. The quantitative estimate of drug-likeness (QED) is 0.757. The fraction of sp³-hybridized carbons (Fsp3) is 1.00. The summed E-state index contributed by atoms with van der Waals surface area (Å²) in [6, 6.07) is 0. The van der Waals surface area contributed by atoms with Gasteiger partial charge >= 0.3 is 0 Å². The molecule has 0 spiro atoms. The van der Waals surface area contributed by atoms with Crippen molar-refractivity contribution < 1.29 is 4.74 Å². The van der Waals surface area contributed by atoms with Crippen LogP contribution in [-0.4, -0.2) is 19.8 Å². The van der Waals surface area contributed by atoms with Gasteiger partial charge in [-0.2, -0.15) is 0 Å². The highest BCUT2D eigenvalue weighted by Crippen LogP contribution is 2.33. The summed E-state index contributed by atoms with van der Waals surface area (Å²) in [6.45, 7) is 9.61. The first kappa shape index (κ1) is 12.0. The standard InChI is InChI=1S/C12H25NO/c1-12(2,3)11(9-13)8-10-4-6-14-7-5-10/h10-11H,4-9,13H2,1-3H3. The van der Waals surface area contributed by atoms with E-state index < -0.39 is 0 Å². The maximum Gasteiger partial charge on any atom is 0.0468 e. The van der Waals surface area contributed by atoms with E-state index in [1.54, 1.807) is 0 Å². The number of hydrogen-bond donors (Lipinski definition) is 1. The van der Waals surface area contributed by atoms with E-state index in [0.717, 1.165) is 25.7 Å². The van der Waals surface area contributed by atoms with Crippen LogP contribution in [0.25, 0.3) is 0 Å². The van der Waals surface area contributed by atoms with Crippen LogP contribution >= 0.6 is 0 Å². The van der Waals surface area contributed by atoms with E-state index in [1.165, 1.54) is 19.3 Å². The lowest BCUT2D eigenvalue weighted by atomic mass is 9.74. The van der Waals surface area contributed by atoms with Gasteiger partial charge in [0, 0.05) is 13.2 Å². The van der Waals surface area contributed by atoms with Crippen LogP contribution < -0.4 is 5.73 Å². The molecule has 2 N–H and O–H groups in total. The van der Waals surface area contributed by atoms with Crippen molar-refractivity contribution in [2.24, 2.45) is 23.0 Å². The van der Waals surface area contributed by atoms with E-state index in [0.29, 0.717) is 11.3 Å². The van der Waals surface area contributed by atoms with Crippen LogP contribution in [-0.2, 0) is 4.74 Å². The van der Waals surface area contributed by atoms with Gasteiger partial charge in [-0.15, -0.1) is 0 Å². The lowest BCUT2D eigenvalue weighted by molar-refractivity contribution is 0.0506. The van der Waals surface area contributed by atoms with E-state index in [2.05, 4.69) is 20.8 Å². The predicted octanol–water partition coefficient (Wildman–Crippen LogP) is 2.42. The molecule has 1 atom stereocenters. The van der Waals surface area contributed by atoms with Gasteiger partial charge < -0.3 is 10.5 Å². The smallest absolute Gasteiger partial charge is 0.0468 e. The summed E-state index contributed by atoms with van der Waals surface area (Å²) >= 11 is 0. The summed E-state index contributed by atoms with van der Waals surface area (Å²) in [5.74, 6) is 1.50. The van der Waals surface area contributed by atoms with Crippen LogP contribution in [0.3, 0.4) is 0 Å². The molecular weight excluding hydrogens is 174 g/mol. The summed E-state index contributed by atoms with van der Waals surface area (Å²) in [7, 11) is 0. The minimum Gasteiger partial charge on any atom is -0.381 e. The largest absolute Gasteiger partial charge is 0.381 e. The van der Waals surface area contributed by atoms with E-state index in [1.807, 2.05) is 0 Å². The molecule has 14 heavy (non-hydrogen) atoms. The molecule has 2 nitrogen and oxygen atoms in total. The Balaban J connectivity index is 2.39. The van der Waals surface area contributed by atoms with Gasteiger partial charge in [-0.1, -0.05) is 20.8 Å². The third-order valence-corrected chi connectivity index (χ3v) is 3.47. The molecule has 0 aliphatic carbocycles. The zero-order chi connectivity index (χ0) is 10.6. The number of rotatable bonds is 3. The maximum atomic E-state index is 5.84. The molecule has 0 amide bonds. The van der Waals surface area contributed by atoms with Crippen molar-refractivity contribution in [1.29, 1.82) is 0 Å². The first-order valence-electron chi connectivity index (χ1n) is 5.82. The summed E-state index contributed by atoms with van der Waals surface area (Å²) in [4.78, 5) is 0. The third-order valence-electron chi connectivity index (χ3n) is 3.47. The van der Waals surface area contributed by atoms with Gasteiger partial charge in [0.2, 0.25) is 0 Å². The van der Waals surface area contributed by atoms with Gasteiger partial charge in [0.05, 0.1) is 0 Å². The van der Waals surface area contributed by atoms with Crippen LogP contribution in [0.15, 0.2) is 0 Å². The third kappa shape index (κ3) is 3.58. The van der Waals surface area contributed by atoms with Crippen molar-refractivity contribution in [2.45, 2.75) is 40.0 Å². The molecule has 0 bridgehead atoms. The lowest BCUT2D eigenvalue weighted by Gasteiger charge is -2.34. The van der Waals surface area contributed by atoms with Crippen molar-refractivity contribution in [3.63, 3.8) is 0 Å². The molecule has 1 saturated heterocycles. The Bertz CT molecular complexity index is 156. The Labute approximate surface area is 88.2 Å². The number of nitrogens with two attached hydrogens (primary N) is 1. The number of ether oxygens (including phenoxy) is 1. The molecule has 1 heterocycles. The lowest BCUT2D eigenvalue weighted by Crippen LogP contribution is -2.31. The van der Waals surface area contributed by atoms with Crippen LogP contribution in [0.5, 0.6) is 0 Å². The van der Waals surface area contributed by atoms with Gasteiger partial charge in [-0.05, 0) is 43.1 Å². The van der Waals surface area contributed by atoms with E-state index in [9.17, 15) is 0 Å². The number of hydrogen-bond acceptors (Lipinski definition) is 2. The molecule has 0 aromatic heterocycles. The Morgan fingerprint density at radius 2 is 1.86 bits per heavy atom. The fourth-order valence-electron chi connectivity index (χ4n) is 2.19. The molecule has 1 rings (SSSR count). The second kappa shape index (κ2) is 5.13. The van der Waals surface area contributed by atoms with E-state index in [-0.39, 0.29) is 0 Å². The van der Waals surface area contributed by atoms with Gasteiger partial charge in [-0.25, -0.2) is 0 Å². The molecule has 1 fully saturated rings. The molecule has 84 valence electrons. The van der Waals surface area contributed by atoms with Crippen molar-refractivity contribution in [3.8, 4) is 0 Å². The molecule has 1 aliphatic heterocycles. The topological polar surface area (TPSA) is 35.2 Å². The van der Waals surface area contributed by atoms with Crippen LogP contribution in [0.2, 0.25) is 0 Å². The maximum absolute atomic E-state index is 5.84. The predicted molar refractivity (Wildman–Crippen MR) is 60.2 cm³/mol. The average Bonchev–Trinajstić information content (AvgIpc) is 2.14. The highest BCUT2D eigenvalue weighted by Gasteiger charge is 2.27. The summed E-state index contributed by atoms with van der Waals surface area (Å²) in [5, 5.41) is 0. The van der Waals surface area contributed by atoms with Gasteiger partial charge in [-0.3, -0.25) is 0 Å². The van der Waals surface area contributed by atoms with Crippen LogP contribution in [0.4, 0.5) is 0 Å². The molecule has 0 radical (unpaired) electrons. The van der Waals surface area contributed by atoms with Crippen molar-refractivity contribution >= 4 is 0 Å². The molecule has 1 unspecified atom stereocenters. The molecule has 0 saturated carbocycles. The van der Waals surface area contributed by atoms with Crippen molar-refractivity contribution in [2.75, 3.05) is 19.8 Å². The monoisotopic (exact) mass is 199 g/mol. The second-order valence-electron chi connectivity index (χ2n) is 5.59. The molecule has 0 aromatic carbocycles. The SMILES string of the molecule is CC(C)(C)C(CN)CC1CCOCC1. The first-order chi connectivity index (χ1) is 6.54. The first-order valence-corrected chi connectivity index (χ1v) is 5.82. The second-order valence-corrected chi connectivity index (χ2v) is 5.59. The van der Waals surface area contributed by atoms with Crippen molar-refractivity contribution in [1.82, 2.24) is 0 Å². The highest BCUT2D eigenvalue weighted by atomic mass is 16.5. The summed E-state index contributed by atoms with van der Waals surface area (Å²) in [6.07, 6.45) is 3.74. The fourth-order valence-corrected chi connectivity index (χ4v) is 2.19. The zero-order valence-corrected chi connectivity index (χ0v) is 9.88. The molecular formula is C12H25NO. The van der Waals surface area contributed by atoms with Crippen molar-refractivity contribution in [3.05, 3.63) is 0 Å². The molecule has 0 aromatic rings.